The first-order valence-electron chi connectivity index (χ1n) is 8.11. The Balaban J connectivity index is 1.61. The SMILES string of the molecule is Cc1cc(C(=O)NNC(=O)C2CCN(c3cccc(Br)c3)C2=O)c(C)o1. The molecule has 1 unspecified atom stereocenters. The number of carbonyl (C=O) groups excluding carboxylic acids is 3. The van der Waals surface area contributed by atoms with Gasteiger partial charge in [-0.2, -0.15) is 0 Å². The van der Waals surface area contributed by atoms with Crippen molar-refractivity contribution >= 4 is 39.3 Å². The van der Waals surface area contributed by atoms with Crippen molar-refractivity contribution in [1.29, 1.82) is 0 Å². The lowest BCUT2D eigenvalue weighted by Gasteiger charge is -2.17. The minimum atomic E-state index is -0.832. The van der Waals surface area contributed by atoms with Crippen LogP contribution in [0, 0.1) is 19.8 Å². The molecule has 0 aliphatic carbocycles. The van der Waals surface area contributed by atoms with Gasteiger partial charge in [0.25, 0.3) is 11.8 Å². The van der Waals surface area contributed by atoms with Crippen molar-refractivity contribution < 1.29 is 18.8 Å². The molecule has 1 aromatic heterocycles. The summed E-state index contributed by atoms with van der Waals surface area (Å²) in [6.07, 6.45) is 0.386. The van der Waals surface area contributed by atoms with Crippen LogP contribution in [0.15, 0.2) is 39.2 Å². The van der Waals surface area contributed by atoms with E-state index in [4.69, 9.17) is 4.42 Å². The molecule has 1 atom stereocenters. The minimum Gasteiger partial charge on any atom is -0.466 e. The standard InChI is InChI=1S/C18H18BrN3O4/c1-10-8-15(11(2)26-10)17(24)21-20-16(23)14-6-7-22(18(14)25)13-5-3-4-12(19)9-13/h3-5,8-9,14H,6-7H2,1-2H3,(H,20,23)(H,21,24). The van der Waals surface area contributed by atoms with Crippen molar-refractivity contribution in [2.45, 2.75) is 20.3 Å². The normalized spacial score (nSPS) is 16.7. The zero-order valence-electron chi connectivity index (χ0n) is 14.3. The summed E-state index contributed by atoms with van der Waals surface area (Å²) in [5.74, 6) is -1.06. The number of aryl methyl sites for hydroxylation is 2. The van der Waals surface area contributed by atoms with Crippen LogP contribution in [0.1, 0.15) is 28.3 Å². The van der Waals surface area contributed by atoms with E-state index < -0.39 is 17.7 Å². The Morgan fingerprint density at radius 3 is 2.65 bits per heavy atom. The molecule has 0 radical (unpaired) electrons. The Morgan fingerprint density at radius 2 is 2.00 bits per heavy atom. The number of hydrazine groups is 1. The van der Waals surface area contributed by atoms with E-state index in [1.807, 2.05) is 24.3 Å². The monoisotopic (exact) mass is 419 g/mol. The molecular weight excluding hydrogens is 402 g/mol. The van der Waals surface area contributed by atoms with Gasteiger partial charge in [-0.15, -0.1) is 0 Å². The highest BCUT2D eigenvalue weighted by Crippen LogP contribution is 2.27. The average molecular weight is 420 g/mol. The summed E-state index contributed by atoms with van der Waals surface area (Å²) in [4.78, 5) is 38.6. The largest absolute Gasteiger partial charge is 0.466 e. The molecule has 3 amide bonds. The number of rotatable bonds is 3. The van der Waals surface area contributed by atoms with Gasteiger partial charge in [0, 0.05) is 16.7 Å². The third-order valence-corrected chi connectivity index (χ3v) is 4.72. The van der Waals surface area contributed by atoms with Gasteiger partial charge in [0.2, 0.25) is 5.91 Å². The molecule has 1 fully saturated rings. The maximum absolute atomic E-state index is 12.6. The molecule has 7 nitrogen and oxygen atoms in total. The third-order valence-electron chi connectivity index (χ3n) is 4.23. The second-order valence-electron chi connectivity index (χ2n) is 6.08. The molecule has 0 bridgehead atoms. The molecule has 26 heavy (non-hydrogen) atoms. The molecular formula is C18H18BrN3O4. The number of nitrogens with zero attached hydrogens (tertiary/aromatic N) is 1. The van der Waals surface area contributed by atoms with E-state index in [0.29, 0.717) is 30.0 Å². The Hall–Kier alpha value is -2.61. The van der Waals surface area contributed by atoms with Crippen LogP contribution >= 0.6 is 15.9 Å². The maximum Gasteiger partial charge on any atom is 0.273 e. The van der Waals surface area contributed by atoms with Crippen LogP contribution in [-0.2, 0) is 9.59 Å². The van der Waals surface area contributed by atoms with Crippen LogP contribution in [0.4, 0.5) is 5.69 Å². The molecule has 2 heterocycles. The lowest BCUT2D eigenvalue weighted by molar-refractivity contribution is -0.132. The number of furan rings is 1. The summed E-state index contributed by atoms with van der Waals surface area (Å²) in [7, 11) is 0. The molecule has 1 aliphatic rings. The van der Waals surface area contributed by atoms with Crippen LogP contribution in [-0.4, -0.2) is 24.3 Å². The number of hydrogen-bond acceptors (Lipinski definition) is 4. The molecule has 8 heteroatoms. The van der Waals surface area contributed by atoms with E-state index in [-0.39, 0.29) is 5.91 Å². The van der Waals surface area contributed by atoms with Crippen molar-refractivity contribution in [3.63, 3.8) is 0 Å². The molecule has 0 saturated carbocycles. The quantitative estimate of drug-likeness (QED) is 0.590. The van der Waals surface area contributed by atoms with E-state index in [9.17, 15) is 14.4 Å². The number of anilines is 1. The van der Waals surface area contributed by atoms with Crippen molar-refractivity contribution in [1.82, 2.24) is 10.9 Å². The summed E-state index contributed by atoms with van der Waals surface area (Å²) in [5.41, 5.74) is 5.75. The molecule has 2 aromatic rings. The maximum atomic E-state index is 12.6. The predicted molar refractivity (Wildman–Crippen MR) is 98.4 cm³/mol. The molecule has 1 aromatic carbocycles. The zero-order valence-corrected chi connectivity index (χ0v) is 15.9. The molecule has 1 aliphatic heterocycles. The highest BCUT2D eigenvalue weighted by molar-refractivity contribution is 9.10. The fraction of sp³-hybridized carbons (Fsp3) is 0.278. The minimum absolute atomic E-state index is 0.287. The van der Waals surface area contributed by atoms with E-state index in [0.717, 1.165) is 10.2 Å². The molecule has 1 saturated heterocycles. The Morgan fingerprint density at radius 1 is 1.23 bits per heavy atom. The predicted octanol–water partition coefficient (Wildman–Crippen LogP) is 2.47. The lowest BCUT2D eigenvalue weighted by Crippen LogP contribution is -2.46. The van der Waals surface area contributed by atoms with Crippen LogP contribution < -0.4 is 15.8 Å². The summed E-state index contributed by atoms with van der Waals surface area (Å²) in [5, 5.41) is 0. The topological polar surface area (TPSA) is 91.7 Å². The zero-order chi connectivity index (χ0) is 18.8. The summed E-state index contributed by atoms with van der Waals surface area (Å²) >= 11 is 3.37. The average Bonchev–Trinajstić information content (AvgIpc) is 3.14. The van der Waals surface area contributed by atoms with Crippen LogP contribution in [0.5, 0.6) is 0 Å². The van der Waals surface area contributed by atoms with Crippen molar-refractivity contribution in [3.05, 3.63) is 51.9 Å². The highest BCUT2D eigenvalue weighted by Gasteiger charge is 2.37. The van der Waals surface area contributed by atoms with Gasteiger partial charge in [-0.25, -0.2) is 0 Å². The number of benzene rings is 1. The Bertz CT molecular complexity index is 877. The van der Waals surface area contributed by atoms with E-state index in [1.165, 1.54) is 0 Å². The fourth-order valence-electron chi connectivity index (χ4n) is 2.95. The first-order valence-corrected chi connectivity index (χ1v) is 8.90. The van der Waals surface area contributed by atoms with Gasteiger partial charge < -0.3 is 9.32 Å². The van der Waals surface area contributed by atoms with Gasteiger partial charge in [0.1, 0.15) is 17.4 Å². The van der Waals surface area contributed by atoms with E-state index >= 15 is 0 Å². The van der Waals surface area contributed by atoms with Crippen LogP contribution in [0.25, 0.3) is 0 Å². The molecule has 136 valence electrons. The van der Waals surface area contributed by atoms with Gasteiger partial charge in [0.15, 0.2) is 0 Å². The van der Waals surface area contributed by atoms with Gasteiger partial charge in [0.05, 0.1) is 5.56 Å². The second-order valence-corrected chi connectivity index (χ2v) is 7.00. The summed E-state index contributed by atoms with van der Waals surface area (Å²) in [6, 6.07) is 8.92. The van der Waals surface area contributed by atoms with E-state index in [1.54, 1.807) is 24.8 Å². The van der Waals surface area contributed by atoms with Crippen LogP contribution in [0.3, 0.4) is 0 Å². The first kappa shape index (κ1) is 18.2. The molecule has 0 spiro atoms. The molecule has 2 N–H and O–H groups in total. The number of amides is 3. The van der Waals surface area contributed by atoms with Gasteiger partial charge >= 0.3 is 0 Å². The number of nitrogens with one attached hydrogen (secondary N) is 2. The van der Waals surface area contributed by atoms with Crippen LogP contribution in [0.2, 0.25) is 0 Å². The number of carbonyl (C=O) groups is 3. The molecule has 3 rings (SSSR count). The van der Waals surface area contributed by atoms with Gasteiger partial charge in [-0.05, 0) is 44.5 Å². The Kier molecular flexibility index (Phi) is 5.13. The summed E-state index contributed by atoms with van der Waals surface area (Å²) < 4.78 is 6.15. The van der Waals surface area contributed by atoms with E-state index in [2.05, 4.69) is 26.8 Å². The third kappa shape index (κ3) is 3.65. The van der Waals surface area contributed by atoms with Gasteiger partial charge in [-0.1, -0.05) is 22.0 Å². The number of halogens is 1. The van der Waals surface area contributed by atoms with Gasteiger partial charge in [-0.3, -0.25) is 25.2 Å². The lowest BCUT2D eigenvalue weighted by atomic mass is 10.1. The van der Waals surface area contributed by atoms with Crippen molar-refractivity contribution in [3.8, 4) is 0 Å². The second kappa shape index (κ2) is 7.33. The number of hydrogen-bond donors (Lipinski definition) is 2. The van der Waals surface area contributed by atoms with Crippen molar-refractivity contribution in [2.75, 3.05) is 11.4 Å². The first-order chi connectivity index (χ1) is 12.4. The summed E-state index contributed by atoms with van der Waals surface area (Å²) in [6.45, 7) is 3.84. The highest BCUT2D eigenvalue weighted by atomic mass is 79.9. The Labute approximate surface area is 158 Å². The van der Waals surface area contributed by atoms with Crippen molar-refractivity contribution in [2.24, 2.45) is 5.92 Å². The fourth-order valence-corrected chi connectivity index (χ4v) is 3.34. The smallest absolute Gasteiger partial charge is 0.273 e.